The number of anilines is 1. The van der Waals surface area contributed by atoms with Crippen molar-refractivity contribution in [2.75, 3.05) is 31.2 Å². The quantitative estimate of drug-likeness (QED) is 0.445. The molecular formula is C23H18FN7O2. The largest absolute Gasteiger partial charge is 0.493 e. The van der Waals surface area contributed by atoms with Crippen molar-refractivity contribution in [3.63, 3.8) is 0 Å². The lowest BCUT2D eigenvalue weighted by molar-refractivity contribution is 0.122. The number of aromatic hydroxyl groups is 1. The van der Waals surface area contributed by atoms with E-state index in [1.54, 1.807) is 12.1 Å². The Balaban J connectivity index is 1.64. The zero-order valence-electron chi connectivity index (χ0n) is 17.4. The maximum absolute atomic E-state index is 13.5. The van der Waals surface area contributed by atoms with Gasteiger partial charge in [0.1, 0.15) is 17.4 Å². The summed E-state index contributed by atoms with van der Waals surface area (Å²) in [5.74, 6) is -0.0954. The highest BCUT2D eigenvalue weighted by atomic mass is 19.1. The number of para-hydroxylation sites is 1. The van der Waals surface area contributed by atoms with Gasteiger partial charge in [0.05, 0.1) is 24.4 Å². The fourth-order valence-electron chi connectivity index (χ4n) is 3.71. The van der Waals surface area contributed by atoms with E-state index in [2.05, 4.69) is 31.2 Å². The van der Waals surface area contributed by atoms with Gasteiger partial charge in [0.15, 0.2) is 11.5 Å². The number of hydrogen-bond donors (Lipinski definition) is 2. The highest BCUT2D eigenvalue weighted by molar-refractivity contribution is 5.94. The summed E-state index contributed by atoms with van der Waals surface area (Å²) < 4.78 is 18.9. The number of aromatic nitrogens is 3. The Morgan fingerprint density at radius 1 is 1.06 bits per heavy atom. The number of benzene rings is 2. The summed E-state index contributed by atoms with van der Waals surface area (Å²) in [6.07, 6.45) is 0. The van der Waals surface area contributed by atoms with E-state index in [9.17, 15) is 14.8 Å². The standard InChI is InChI=1S/C23H18FN7O2/c24-15-7-5-14(6-8-15)19-17(13-25)21(31-9-11-33-12-10-31)28-23(27-19)30-29-20-16-3-1-2-4-18(16)26-22(20)32/h1-8,26,32H,9-12H2. The Morgan fingerprint density at radius 3 is 2.58 bits per heavy atom. The molecule has 2 N–H and O–H groups in total. The molecular weight excluding hydrogens is 425 g/mol. The fourth-order valence-corrected chi connectivity index (χ4v) is 3.71. The molecule has 0 saturated carbocycles. The average Bonchev–Trinajstić information content (AvgIpc) is 3.18. The second-order valence-corrected chi connectivity index (χ2v) is 7.36. The first-order chi connectivity index (χ1) is 16.1. The molecule has 2 aromatic carbocycles. The van der Waals surface area contributed by atoms with Gasteiger partial charge >= 0.3 is 0 Å². The highest BCUT2D eigenvalue weighted by Crippen LogP contribution is 2.37. The summed E-state index contributed by atoms with van der Waals surface area (Å²) in [4.78, 5) is 13.7. The van der Waals surface area contributed by atoms with Crippen molar-refractivity contribution in [1.82, 2.24) is 15.0 Å². The lowest BCUT2D eigenvalue weighted by atomic mass is 10.1. The second-order valence-electron chi connectivity index (χ2n) is 7.36. The third-order valence-electron chi connectivity index (χ3n) is 5.32. The predicted octanol–water partition coefficient (Wildman–Crippen LogP) is 4.59. The molecule has 10 heteroatoms. The van der Waals surface area contributed by atoms with Gasteiger partial charge in [-0.1, -0.05) is 18.2 Å². The number of aromatic amines is 1. The van der Waals surface area contributed by atoms with Gasteiger partial charge in [0, 0.05) is 24.0 Å². The van der Waals surface area contributed by atoms with E-state index in [0.717, 1.165) is 0 Å². The molecule has 1 aliphatic rings. The minimum Gasteiger partial charge on any atom is -0.493 e. The van der Waals surface area contributed by atoms with Crippen LogP contribution in [-0.4, -0.2) is 46.4 Å². The van der Waals surface area contributed by atoms with Crippen molar-refractivity contribution in [1.29, 1.82) is 5.26 Å². The van der Waals surface area contributed by atoms with E-state index >= 15 is 0 Å². The lowest BCUT2D eigenvalue weighted by Gasteiger charge is -2.28. The molecule has 0 amide bonds. The number of nitrogens with zero attached hydrogens (tertiary/aromatic N) is 6. The fraction of sp³-hybridized carbons (Fsp3) is 0.174. The summed E-state index contributed by atoms with van der Waals surface area (Å²) in [6.45, 7) is 2.10. The van der Waals surface area contributed by atoms with Gasteiger partial charge in [-0.25, -0.2) is 9.37 Å². The Bertz CT molecular complexity index is 1390. The minimum absolute atomic E-state index is 0.0134. The Morgan fingerprint density at radius 2 is 1.82 bits per heavy atom. The smallest absolute Gasteiger partial charge is 0.271 e. The van der Waals surface area contributed by atoms with Gasteiger partial charge < -0.3 is 19.7 Å². The third-order valence-corrected chi connectivity index (χ3v) is 5.32. The molecule has 0 atom stereocenters. The van der Waals surface area contributed by atoms with Crippen LogP contribution in [0.4, 0.5) is 21.8 Å². The molecule has 0 aliphatic carbocycles. The van der Waals surface area contributed by atoms with E-state index in [1.807, 2.05) is 29.2 Å². The van der Waals surface area contributed by atoms with Gasteiger partial charge in [0.25, 0.3) is 5.95 Å². The maximum atomic E-state index is 13.5. The Kier molecular flexibility index (Phi) is 5.38. The molecule has 1 aliphatic heterocycles. The molecule has 4 aromatic rings. The number of H-pyrrole nitrogens is 1. The van der Waals surface area contributed by atoms with E-state index in [1.165, 1.54) is 12.1 Å². The van der Waals surface area contributed by atoms with Crippen LogP contribution in [0.5, 0.6) is 5.88 Å². The number of fused-ring (bicyclic) bond motifs is 1. The number of ether oxygens (including phenoxy) is 1. The molecule has 1 saturated heterocycles. The number of rotatable bonds is 4. The van der Waals surface area contributed by atoms with Crippen LogP contribution in [0.1, 0.15) is 5.56 Å². The number of morpholine rings is 1. The Labute approximate surface area is 187 Å². The molecule has 1 fully saturated rings. The monoisotopic (exact) mass is 443 g/mol. The minimum atomic E-state index is -0.394. The molecule has 33 heavy (non-hydrogen) atoms. The molecule has 5 rings (SSSR count). The van der Waals surface area contributed by atoms with Crippen molar-refractivity contribution in [3.8, 4) is 23.2 Å². The zero-order valence-corrected chi connectivity index (χ0v) is 17.4. The van der Waals surface area contributed by atoms with Crippen LogP contribution in [0.25, 0.3) is 22.2 Å². The number of nitrogens with one attached hydrogen (secondary N) is 1. The SMILES string of the molecule is N#Cc1c(-c2ccc(F)cc2)nc(N=Nc2c(O)[nH]c3ccccc23)nc1N1CCOCC1. The van der Waals surface area contributed by atoms with Crippen molar-refractivity contribution in [2.45, 2.75) is 0 Å². The van der Waals surface area contributed by atoms with E-state index in [4.69, 9.17) is 4.74 Å². The van der Waals surface area contributed by atoms with Crippen LogP contribution < -0.4 is 4.90 Å². The molecule has 164 valence electrons. The predicted molar refractivity (Wildman–Crippen MR) is 119 cm³/mol. The van der Waals surface area contributed by atoms with Crippen molar-refractivity contribution in [3.05, 3.63) is 59.9 Å². The molecule has 0 spiro atoms. The van der Waals surface area contributed by atoms with Crippen LogP contribution >= 0.6 is 0 Å². The van der Waals surface area contributed by atoms with Gasteiger partial charge in [-0.15, -0.1) is 10.2 Å². The number of azo groups is 1. The summed E-state index contributed by atoms with van der Waals surface area (Å²) in [5, 5.41) is 29.2. The first-order valence-electron chi connectivity index (χ1n) is 10.3. The van der Waals surface area contributed by atoms with Crippen LogP contribution in [0, 0.1) is 17.1 Å². The van der Waals surface area contributed by atoms with Crippen LogP contribution in [0.15, 0.2) is 58.8 Å². The number of nitriles is 1. The third kappa shape index (κ3) is 3.97. The molecule has 9 nitrogen and oxygen atoms in total. The summed E-state index contributed by atoms with van der Waals surface area (Å²) >= 11 is 0. The number of hydrogen-bond acceptors (Lipinski definition) is 8. The van der Waals surface area contributed by atoms with Crippen LogP contribution in [-0.2, 0) is 4.74 Å². The van der Waals surface area contributed by atoms with E-state index < -0.39 is 5.82 Å². The van der Waals surface area contributed by atoms with Crippen LogP contribution in [0.2, 0.25) is 0 Å². The maximum Gasteiger partial charge on any atom is 0.271 e. The van der Waals surface area contributed by atoms with Gasteiger partial charge in [-0.3, -0.25) is 0 Å². The first kappa shape index (κ1) is 20.5. The first-order valence-corrected chi connectivity index (χ1v) is 10.3. The number of halogens is 1. The van der Waals surface area contributed by atoms with Gasteiger partial charge in [-0.2, -0.15) is 10.2 Å². The average molecular weight is 443 g/mol. The molecule has 0 bridgehead atoms. The summed E-state index contributed by atoms with van der Waals surface area (Å²) in [5.41, 5.74) is 2.11. The highest BCUT2D eigenvalue weighted by Gasteiger charge is 2.22. The molecule has 2 aromatic heterocycles. The van der Waals surface area contributed by atoms with Crippen molar-refractivity contribution >= 4 is 28.4 Å². The van der Waals surface area contributed by atoms with Crippen molar-refractivity contribution in [2.24, 2.45) is 10.2 Å². The topological polar surface area (TPSA) is 123 Å². The van der Waals surface area contributed by atoms with E-state index in [-0.39, 0.29) is 23.1 Å². The van der Waals surface area contributed by atoms with Gasteiger partial charge in [0.2, 0.25) is 5.88 Å². The molecule has 0 unspecified atom stereocenters. The van der Waals surface area contributed by atoms with Gasteiger partial charge in [-0.05, 0) is 30.3 Å². The zero-order chi connectivity index (χ0) is 22.8. The normalized spacial score (nSPS) is 14.1. The van der Waals surface area contributed by atoms with Crippen LogP contribution in [0.3, 0.4) is 0 Å². The lowest BCUT2D eigenvalue weighted by Crippen LogP contribution is -2.37. The summed E-state index contributed by atoms with van der Waals surface area (Å²) in [7, 11) is 0. The second kappa shape index (κ2) is 8.64. The van der Waals surface area contributed by atoms with E-state index in [0.29, 0.717) is 54.3 Å². The molecule has 0 radical (unpaired) electrons. The molecule has 3 heterocycles. The van der Waals surface area contributed by atoms with Crippen molar-refractivity contribution < 1.29 is 14.2 Å². The Hall–Kier alpha value is -4.36. The summed E-state index contributed by atoms with van der Waals surface area (Å²) in [6, 6.07) is 15.2.